The molecule has 3 rings (SSSR count). The number of carbonyl (C=O) groups is 1. The van der Waals surface area contributed by atoms with E-state index >= 15 is 0 Å². The zero-order chi connectivity index (χ0) is 18.7. The Bertz CT molecular complexity index is 913. The van der Waals surface area contributed by atoms with Crippen molar-refractivity contribution < 1.29 is 9.90 Å². The van der Waals surface area contributed by atoms with Crippen LogP contribution in [0.5, 0.6) is 0 Å². The van der Waals surface area contributed by atoms with Gasteiger partial charge in [-0.1, -0.05) is 87.6 Å². The summed E-state index contributed by atoms with van der Waals surface area (Å²) in [6.45, 7) is 6.10. The Labute approximate surface area is 176 Å². The third-order valence-electron chi connectivity index (χ3n) is 3.76. The SMILES string of the molecule is CC(C)(C)c1c(Br)cc2c(c1Cl)N(C(=O)O)c1c(Cl)cc(Br)cc1S2. The van der Waals surface area contributed by atoms with Gasteiger partial charge in [0.15, 0.2) is 0 Å². The summed E-state index contributed by atoms with van der Waals surface area (Å²) in [5, 5.41) is 10.7. The Morgan fingerprint density at radius 3 is 2.28 bits per heavy atom. The number of hydrogen-bond acceptors (Lipinski definition) is 2. The molecule has 0 unspecified atom stereocenters. The minimum Gasteiger partial charge on any atom is -0.464 e. The van der Waals surface area contributed by atoms with Gasteiger partial charge in [-0.15, -0.1) is 0 Å². The monoisotopic (exact) mass is 523 g/mol. The van der Waals surface area contributed by atoms with Crippen molar-refractivity contribution in [3.63, 3.8) is 0 Å². The summed E-state index contributed by atoms with van der Waals surface area (Å²) in [5.41, 5.74) is 1.48. The zero-order valence-corrected chi connectivity index (χ0v) is 19.0. The molecule has 0 aromatic heterocycles. The molecule has 1 N–H and O–H groups in total. The first-order valence-electron chi connectivity index (χ1n) is 7.24. The third kappa shape index (κ3) is 3.32. The van der Waals surface area contributed by atoms with Crippen molar-refractivity contribution in [1.82, 2.24) is 0 Å². The summed E-state index contributed by atoms with van der Waals surface area (Å²) in [4.78, 5) is 14.8. The summed E-state index contributed by atoms with van der Waals surface area (Å²) < 4.78 is 1.64. The van der Waals surface area contributed by atoms with Crippen LogP contribution in [-0.4, -0.2) is 11.2 Å². The number of halogens is 4. The van der Waals surface area contributed by atoms with E-state index in [1.54, 1.807) is 6.07 Å². The second-order valence-corrected chi connectivity index (χ2v) is 10.2. The lowest BCUT2D eigenvalue weighted by Crippen LogP contribution is -2.28. The lowest BCUT2D eigenvalue weighted by molar-refractivity contribution is 0.204. The van der Waals surface area contributed by atoms with E-state index in [1.165, 1.54) is 16.7 Å². The number of fused-ring (bicyclic) bond motifs is 2. The lowest BCUT2D eigenvalue weighted by atomic mass is 9.86. The van der Waals surface area contributed by atoms with Gasteiger partial charge in [-0.3, -0.25) is 0 Å². The summed E-state index contributed by atoms with van der Waals surface area (Å²) in [7, 11) is 0. The maximum absolute atomic E-state index is 12.1. The van der Waals surface area contributed by atoms with E-state index in [0.29, 0.717) is 21.4 Å². The molecule has 0 atom stereocenters. The third-order valence-corrected chi connectivity index (χ3v) is 6.56. The van der Waals surface area contributed by atoms with Crippen LogP contribution in [0.2, 0.25) is 10.0 Å². The van der Waals surface area contributed by atoms with Crippen molar-refractivity contribution >= 4 is 84.3 Å². The first-order chi connectivity index (χ1) is 11.5. The summed E-state index contributed by atoms with van der Waals surface area (Å²) in [5.74, 6) is 0. The molecule has 1 aliphatic rings. The maximum Gasteiger partial charge on any atom is 0.416 e. The molecule has 1 amide bonds. The molecular weight excluding hydrogens is 513 g/mol. The fraction of sp³-hybridized carbons (Fsp3) is 0.235. The van der Waals surface area contributed by atoms with Crippen molar-refractivity contribution in [3.05, 3.63) is 42.8 Å². The van der Waals surface area contributed by atoms with Crippen LogP contribution < -0.4 is 4.90 Å². The molecule has 2 aromatic rings. The Morgan fingerprint density at radius 1 is 1.12 bits per heavy atom. The minimum absolute atomic E-state index is 0.260. The van der Waals surface area contributed by atoms with Gasteiger partial charge in [0.1, 0.15) is 0 Å². The van der Waals surface area contributed by atoms with Crippen LogP contribution in [0.15, 0.2) is 36.9 Å². The quantitative estimate of drug-likeness (QED) is 0.378. The van der Waals surface area contributed by atoms with Crippen molar-refractivity contribution in [1.29, 1.82) is 0 Å². The topological polar surface area (TPSA) is 40.5 Å². The van der Waals surface area contributed by atoms with Gasteiger partial charge >= 0.3 is 6.09 Å². The van der Waals surface area contributed by atoms with Crippen LogP contribution in [0.25, 0.3) is 0 Å². The fourth-order valence-electron chi connectivity index (χ4n) is 2.82. The molecular formula is C17H13Br2Cl2NO2S. The van der Waals surface area contributed by atoms with Crippen molar-refractivity contribution in [3.8, 4) is 0 Å². The molecule has 25 heavy (non-hydrogen) atoms. The summed E-state index contributed by atoms with van der Waals surface area (Å²) in [6.07, 6.45) is -1.13. The van der Waals surface area contributed by atoms with Crippen LogP contribution >= 0.6 is 66.8 Å². The highest BCUT2D eigenvalue weighted by molar-refractivity contribution is 9.10. The molecule has 0 spiro atoms. The fourth-order valence-corrected chi connectivity index (χ4v) is 7.02. The van der Waals surface area contributed by atoms with E-state index in [2.05, 4.69) is 31.9 Å². The molecule has 0 bridgehead atoms. The maximum atomic E-state index is 12.1. The molecule has 1 heterocycles. The van der Waals surface area contributed by atoms with Crippen molar-refractivity contribution in [2.45, 2.75) is 36.0 Å². The molecule has 0 aliphatic carbocycles. The number of hydrogen-bond donors (Lipinski definition) is 1. The second-order valence-electron chi connectivity index (χ2n) is 6.60. The van der Waals surface area contributed by atoms with Crippen LogP contribution in [0.3, 0.4) is 0 Å². The number of carboxylic acid groups (broad SMARTS) is 1. The molecule has 1 aliphatic heterocycles. The highest BCUT2D eigenvalue weighted by Crippen LogP contribution is 2.56. The predicted molar refractivity (Wildman–Crippen MR) is 111 cm³/mol. The van der Waals surface area contributed by atoms with E-state index in [4.69, 9.17) is 23.2 Å². The van der Waals surface area contributed by atoms with Crippen molar-refractivity contribution in [2.24, 2.45) is 0 Å². The normalized spacial score (nSPS) is 13.5. The number of rotatable bonds is 0. The molecule has 8 heteroatoms. The molecule has 3 nitrogen and oxygen atoms in total. The van der Waals surface area contributed by atoms with Gasteiger partial charge in [0.05, 0.1) is 21.4 Å². The van der Waals surface area contributed by atoms with Crippen molar-refractivity contribution in [2.75, 3.05) is 4.90 Å². The van der Waals surface area contributed by atoms with Crippen LogP contribution in [0.1, 0.15) is 26.3 Å². The smallest absolute Gasteiger partial charge is 0.416 e. The largest absolute Gasteiger partial charge is 0.464 e. The summed E-state index contributed by atoms with van der Waals surface area (Å²) in [6, 6.07) is 5.45. The van der Waals surface area contributed by atoms with E-state index in [1.807, 2.05) is 32.9 Å². The standard InChI is InChI=1S/C17H13Br2Cl2NO2S/c1-17(2,3)12-8(19)6-11-15(13(12)21)22(16(23)24)14-9(20)4-7(18)5-10(14)25-11/h4-6H,1-3H3,(H,23,24). The first-order valence-corrected chi connectivity index (χ1v) is 10.4. The Morgan fingerprint density at radius 2 is 1.72 bits per heavy atom. The predicted octanol–water partition coefficient (Wildman–Crippen LogP) is 8.10. The Balaban J connectivity index is 2.37. The van der Waals surface area contributed by atoms with Gasteiger partial charge in [-0.2, -0.15) is 0 Å². The number of benzene rings is 2. The van der Waals surface area contributed by atoms with Gasteiger partial charge in [0.2, 0.25) is 0 Å². The van der Waals surface area contributed by atoms with Crippen LogP contribution in [0, 0.1) is 0 Å². The molecule has 0 saturated carbocycles. The van der Waals surface area contributed by atoms with E-state index < -0.39 is 6.09 Å². The van der Waals surface area contributed by atoms with Crippen LogP contribution in [-0.2, 0) is 5.41 Å². The number of nitrogens with zero attached hydrogens (tertiary/aromatic N) is 1. The average Bonchev–Trinajstić information content (AvgIpc) is 2.42. The molecule has 0 radical (unpaired) electrons. The number of amides is 1. The zero-order valence-electron chi connectivity index (χ0n) is 13.5. The summed E-state index contributed by atoms with van der Waals surface area (Å²) >= 11 is 21.5. The van der Waals surface area contributed by atoms with Crippen LogP contribution in [0.4, 0.5) is 16.2 Å². The van der Waals surface area contributed by atoms with Gasteiger partial charge in [0.25, 0.3) is 0 Å². The van der Waals surface area contributed by atoms with E-state index in [0.717, 1.165) is 24.3 Å². The molecule has 0 saturated heterocycles. The highest BCUT2D eigenvalue weighted by atomic mass is 79.9. The second kappa shape index (κ2) is 6.64. The molecule has 2 aromatic carbocycles. The minimum atomic E-state index is -1.13. The first kappa shape index (κ1) is 19.4. The molecule has 132 valence electrons. The van der Waals surface area contributed by atoms with Gasteiger partial charge in [-0.05, 0) is 29.2 Å². The number of anilines is 2. The Hall–Kier alpha value is -0.400. The van der Waals surface area contributed by atoms with Gasteiger partial charge in [0, 0.05) is 18.7 Å². The average molecular weight is 526 g/mol. The Kier molecular flexibility index (Phi) is 5.14. The lowest BCUT2D eigenvalue weighted by Gasteiger charge is -2.33. The molecule has 0 fully saturated rings. The van der Waals surface area contributed by atoms with E-state index in [9.17, 15) is 9.90 Å². The highest BCUT2D eigenvalue weighted by Gasteiger charge is 2.36. The van der Waals surface area contributed by atoms with Gasteiger partial charge < -0.3 is 5.11 Å². The van der Waals surface area contributed by atoms with Gasteiger partial charge in [-0.25, -0.2) is 9.69 Å². The van der Waals surface area contributed by atoms with E-state index in [-0.39, 0.29) is 5.41 Å².